The Kier molecular flexibility index (Phi) is 4.49. The van der Waals surface area contributed by atoms with Crippen LogP contribution in [0.2, 0.25) is 0 Å². The number of hydrogen-bond acceptors (Lipinski definition) is 5. The smallest absolute Gasteiger partial charge is 0.406 e. The normalized spacial score (nSPS) is 17.0. The van der Waals surface area contributed by atoms with Crippen molar-refractivity contribution in [3.05, 3.63) is 42.2 Å². The zero-order valence-electron chi connectivity index (χ0n) is 13.8. The molecule has 0 radical (unpaired) electrons. The summed E-state index contributed by atoms with van der Waals surface area (Å²) in [5, 5.41) is 0. The zero-order chi connectivity index (χ0) is 19.1. The van der Waals surface area contributed by atoms with Crippen molar-refractivity contribution in [3.63, 3.8) is 0 Å². The van der Waals surface area contributed by atoms with E-state index in [2.05, 4.69) is 14.7 Å². The fraction of sp³-hybridized carbons (Fsp3) is 0.250. The second-order valence-corrected chi connectivity index (χ2v) is 7.81. The minimum atomic E-state index is -4.80. The van der Waals surface area contributed by atoms with Gasteiger partial charge in [0.1, 0.15) is 16.3 Å². The van der Waals surface area contributed by atoms with Gasteiger partial charge in [0, 0.05) is 18.3 Å². The molecule has 0 spiro atoms. The number of pyridine rings is 1. The molecule has 2 heterocycles. The molecule has 26 heavy (non-hydrogen) atoms. The molecule has 1 aromatic carbocycles. The number of alkyl halides is 3. The van der Waals surface area contributed by atoms with Gasteiger partial charge in [-0.05, 0) is 18.2 Å². The summed E-state index contributed by atoms with van der Waals surface area (Å²) in [6.07, 6.45) is -3.36. The number of nitrogens with one attached hydrogen (secondary N) is 1. The van der Waals surface area contributed by atoms with E-state index in [1.165, 1.54) is 37.4 Å². The third kappa shape index (κ3) is 3.42. The highest BCUT2D eigenvalue weighted by Crippen LogP contribution is 2.33. The van der Waals surface area contributed by atoms with E-state index >= 15 is 0 Å². The van der Waals surface area contributed by atoms with Crippen molar-refractivity contribution in [2.45, 2.75) is 18.2 Å². The molecule has 0 saturated carbocycles. The fourth-order valence-corrected chi connectivity index (χ4v) is 3.70. The summed E-state index contributed by atoms with van der Waals surface area (Å²) in [5.41, 5.74) is 1.05. The molecule has 10 heteroatoms. The van der Waals surface area contributed by atoms with Crippen LogP contribution in [0.25, 0.3) is 0 Å². The molecule has 138 valence electrons. The molecular weight excluding hydrogens is 371 g/mol. The minimum absolute atomic E-state index is 0.0418. The molecule has 0 fully saturated rings. The fourth-order valence-electron chi connectivity index (χ4n) is 2.66. The molecule has 1 unspecified atom stereocenters. The number of aliphatic imine (C=N–C) groups is 1. The summed E-state index contributed by atoms with van der Waals surface area (Å²) in [5.74, 6) is -0.178. The predicted molar refractivity (Wildman–Crippen MR) is 87.8 cm³/mol. The van der Waals surface area contributed by atoms with E-state index in [1.807, 2.05) is 0 Å². The highest BCUT2D eigenvalue weighted by molar-refractivity contribution is 7.91. The first-order valence-electron chi connectivity index (χ1n) is 7.63. The standard InChI is InChI=1S/C16H14F3N3O3S/c1-3-26(23,24)13-5-4-8-20-14(13)15-21-11-9-10(25-16(17,18)19)6-7-12(11)22(15)2/h4-9H,3H2,1-2H3/p+1. The molecule has 2 aromatic rings. The Labute approximate surface area is 147 Å². The maximum absolute atomic E-state index is 12.4. The monoisotopic (exact) mass is 386 g/mol. The maximum atomic E-state index is 12.4. The van der Waals surface area contributed by atoms with Crippen LogP contribution in [0.5, 0.6) is 5.75 Å². The van der Waals surface area contributed by atoms with Gasteiger partial charge in [0.2, 0.25) is 0 Å². The Bertz CT molecular complexity index is 988. The van der Waals surface area contributed by atoms with E-state index in [0.717, 1.165) is 6.07 Å². The van der Waals surface area contributed by atoms with Crippen LogP contribution in [0.4, 0.5) is 24.5 Å². The van der Waals surface area contributed by atoms with Crippen molar-refractivity contribution >= 4 is 27.0 Å². The molecule has 3 rings (SSSR count). The van der Waals surface area contributed by atoms with Crippen molar-refractivity contribution in [3.8, 4) is 5.75 Å². The lowest BCUT2D eigenvalue weighted by atomic mass is 10.2. The topological polar surface area (TPSA) is 73.1 Å². The lowest BCUT2D eigenvalue weighted by Crippen LogP contribution is -3.06. The van der Waals surface area contributed by atoms with Gasteiger partial charge in [-0.25, -0.2) is 13.4 Å². The first-order valence-corrected chi connectivity index (χ1v) is 9.28. The van der Waals surface area contributed by atoms with E-state index in [4.69, 9.17) is 0 Å². The van der Waals surface area contributed by atoms with E-state index in [0.29, 0.717) is 16.4 Å². The van der Waals surface area contributed by atoms with Gasteiger partial charge in [0.15, 0.2) is 21.2 Å². The summed E-state index contributed by atoms with van der Waals surface area (Å²) >= 11 is 0. The summed E-state index contributed by atoms with van der Waals surface area (Å²) in [6.45, 7) is 1.52. The van der Waals surface area contributed by atoms with Gasteiger partial charge in [-0.1, -0.05) is 6.92 Å². The molecule has 1 aliphatic rings. The predicted octanol–water partition coefficient (Wildman–Crippen LogP) is 2.01. The Morgan fingerprint density at radius 2 is 1.96 bits per heavy atom. The molecule has 0 saturated heterocycles. The SMILES string of the molecule is CCS(=O)(=O)c1cccnc1C1=Nc2cc(OC(F)(F)F)ccc2[NH+]1C. The number of amidine groups is 1. The lowest BCUT2D eigenvalue weighted by molar-refractivity contribution is -0.700. The number of ether oxygens (including phenoxy) is 1. The van der Waals surface area contributed by atoms with Gasteiger partial charge >= 0.3 is 6.36 Å². The molecule has 1 aliphatic heterocycles. The van der Waals surface area contributed by atoms with Crippen molar-refractivity contribution in [1.29, 1.82) is 0 Å². The maximum Gasteiger partial charge on any atom is 0.573 e. The molecule has 0 amide bonds. The third-order valence-electron chi connectivity index (χ3n) is 3.90. The third-order valence-corrected chi connectivity index (χ3v) is 5.66. The highest BCUT2D eigenvalue weighted by Gasteiger charge is 2.35. The van der Waals surface area contributed by atoms with E-state index in [9.17, 15) is 21.6 Å². The quantitative estimate of drug-likeness (QED) is 0.873. The summed E-state index contributed by atoms with van der Waals surface area (Å²) in [7, 11) is -1.83. The number of halogens is 3. The Hall–Kier alpha value is -2.46. The number of hydrogen-bond donors (Lipinski definition) is 1. The zero-order valence-corrected chi connectivity index (χ0v) is 14.6. The summed E-state index contributed by atoms with van der Waals surface area (Å²) in [4.78, 5) is 9.13. The van der Waals surface area contributed by atoms with Gasteiger partial charge in [0.05, 0.1) is 12.8 Å². The number of rotatable bonds is 4. The number of sulfone groups is 1. The number of fused-ring (bicyclic) bond motifs is 1. The van der Waals surface area contributed by atoms with E-state index in [1.54, 1.807) is 7.05 Å². The number of benzene rings is 1. The Balaban J connectivity index is 2.07. The van der Waals surface area contributed by atoms with Crippen molar-refractivity contribution in [2.24, 2.45) is 4.99 Å². The van der Waals surface area contributed by atoms with Crippen molar-refractivity contribution < 1.29 is 31.2 Å². The first-order chi connectivity index (χ1) is 12.1. The molecule has 0 aliphatic carbocycles. The molecule has 1 aromatic heterocycles. The molecule has 1 atom stereocenters. The average Bonchev–Trinajstić information content (AvgIpc) is 2.89. The van der Waals surface area contributed by atoms with E-state index < -0.39 is 21.9 Å². The number of quaternary nitrogens is 1. The van der Waals surface area contributed by atoms with Crippen molar-refractivity contribution in [1.82, 2.24) is 4.98 Å². The minimum Gasteiger partial charge on any atom is -0.406 e. The molecule has 6 nitrogen and oxygen atoms in total. The van der Waals surface area contributed by atoms with Crippen LogP contribution in [0.15, 0.2) is 46.4 Å². The molecular formula is C16H15F3N3O3S+. The number of aromatic nitrogens is 1. The van der Waals surface area contributed by atoms with E-state index in [-0.39, 0.29) is 22.0 Å². The van der Waals surface area contributed by atoms with Crippen LogP contribution in [-0.4, -0.2) is 38.4 Å². The van der Waals surface area contributed by atoms with Crippen LogP contribution < -0.4 is 9.64 Å². The van der Waals surface area contributed by atoms with Crippen LogP contribution in [0.1, 0.15) is 12.6 Å². The Morgan fingerprint density at radius 3 is 2.62 bits per heavy atom. The lowest BCUT2D eigenvalue weighted by Gasteiger charge is -2.12. The largest absolute Gasteiger partial charge is 0.573 e. The van der Waals surface area contributed by atoms with Crippen LogP contribution in [0, 0.1) is 0 Å². The van der Waals surface area contributed by atoms with Gasteiger partial charge in [0.25, 0.3) is 5.84 Å². The highest BCUT2D eigenvalue weighted by atomic mass is 32.2. The summed E-state index contributed by atoms with van der Waals surface area (Å²) < 4.78 is 65.7. The van der Waals surface area contributed by atoms with Gasteiger partial charge in [-0.3, -0.25) is 4.90 Å². The van der Waals surface area contributed by atoms with Gasteiger partial charge in [-0.2, -0.15) is 4.99 Å². The second-order valence-electron chi connectivity index (χ2n) is 5.57. The average molecular weight is 386 g/mol. The summed E-state index contributed by atoms with van der Waals surface area (Å²) in [6, 6.07) is 6.77. The van der Waals surface area contributed by atoms with Crippen LogP contribution >= 0.6 is 0 Å². The second kappa shape index (κ2) is 6.36. The first kappa shape index (κ1) is 18.3. The van der Waals surface area contributed by atoms with Gasteiger partial charge < -0.3 is 4.74 Å². The molecule has 1 N–H and O–H groups in total. The van der Waals surface area contributed by atoms with Crippen LogP contribution in [0.3, 0.4) is 0 Å². The Morgan fingerprint density at radius 1 is 1.23 bits per heavy atom. The number of nitrogens with zero attached hydrogens (tertiary/aromatic N) is 2. The van der Waals surface area contributed by atoms with Gasteiger partial charge in [-0.15, -0.1) is 13.2 Å². The van der Waals surface area contributed by atoms with Crippen molar-refractivity contribution in [2.75, 3.05) is 12.8 Å². The van der Waals surface area contributed by atoms with Crippen LogP contribution in [-0.2, 0) is 9.84 Å². The molecule has 0 bridgehead atoms.